The predicted molar refractivity (Wildman–Crippen MR) is 122 cm³/mol. The van der Waals surface area contributed by atoms with Crippen molar-refractivity contribution in [2.75, 3.05) is 44.9 Å². The van der Waals surface area contributed by atoms with Gasteiger partial charge in [0.1, 0.15) is 5.82 Å². The van der Waals surface area contributed by atoms with Crippen molar-refractivity contribution in [3.8, 4) is 11.1 Å². The van der Waals surface area contributed by atoms with Gasteiger partial charge in [-0.3, -0.25) is 4.79 Å². The molecular weight excluding hydrogens is 423 g/mol. The lowest BCUT2D eigenvalue weighted by Crippen LogP contribution is -2.49. The monoisotopic (exact) mass is 448 g/mol. The number of aromatic nitrogens is 2. The van der Waals surface area contributed by atoms with Crippen molar-refractivity contribution in [3.05, 3.63) is 71.3 Å². The molecule has 3 aromatic rings. The van der Waals surface area contributed by atoms with Gasteiger partial charge in [-0.2, -0.15) is 0 Å². The van der Waals surface area contributed by atoms with Crippen LogP contribution in [0.15, 0.2) is 48.8 Å². The number of amides is 1. The molecule has 0 unspecified atom stereocenters. The van der Waals surface area contributed by atoms with Gasteiger partial charge >= 0.3 is 0 Å². The number of carbonyl (C=O) groups excluding carboxylic acids is 1. The van der Waals surface area contributed by atoms with Crippen LogP contribution >= 0.6 is 0 Å². The van der Waals surface area contributed by atoms with Gasteiger partial charge in [0.25, 0.3) is 5.91 Å². The van der Waals surface area contributed by atoms with E-state index in [1.807, 2.05) is 30.0 Å². The smallest absolute Gasteiger partial charge is 0.253 e. The molecule has 0 radical (unpaired) electrons. The second kappa shape index (κ2) is 8.20. The quantitative estimate of drug-likeness (QED) is 0.646. The van der Waals surface area contributed by atoms with Gasteiger partial charge in [-0.05, 0) is 36.8 Å². The fourth-order valence-corrected chi connectivity index (χ4v) is 4.52. The zero-order valence-corrected chi connectivity index (χ0v) is 18.6. The Bertz CT molecular complexity index is 1210. The number of rotatable bonds is 5. The maximum Gasteiger partial charge on any atom is 0.253 e. The lowest BCUT2D eigenvalue weighted by Gasteiger charge is -2.38. The molecule has 1 N–H and O–H groups in total. The number of fused-ring (bicyclic) bond motifs is 2. The Morgan fingerprint density at radius 1 is 1.21 bits per heavy atom. The normalized spacial score (nSPS) is 15.9. The molecule has 1 spiro atoms. The molecule has 0 atom stereocenters. The average molecular weight is 448 g/mol. The van der Waals surface area contributed by atoms with Gasteiger partial charge < -0.3 is 19.6 Å². The van der Waals surface area contributed by atoms with E-state index in [4.69, 9.17) is 9.84 Å². The van der Waals surface area contributed by atoms with E-state index in [2.05, 4.69) is 9.97 Å². The maximum atomic E-state index is 14.3. The summed E-state index contributed by atoms with van der Waals surface area (Å²) < 4.78 is 19.9. The van der Waals surface area contributed by atoms with Crippen molar-refractivity contribution < 1.29 is 19.0 Å². The summed E-state index contributed by atoms with van der Waals surface area (Å²) in [5.74, 6) is 0.0122. The van der Waals surface area contributed by atoms with Crippen LogP contribution < -0.4 is 4.90 Å². The second-order valence-corrected chi connectivity index (χ2v) is 8.80. The third-order valence-corrected chi connectivity index (χ3v) is 6.42. The molecule has 5 rings (SSSR count). The number of halogens is 1. The van der Waals surface area contributed by atoms with Crippen LogP contribution in [0, 0.1) is 12.7 Å². The standard InChI is InChI=1S/C25H25FN4O3/c1-16-3-6-21(26)19(9-16)18-11-27-24(28-12-18)30-13-25(14-33-15-25)20-5-4-17(10-22(20)30)23(32)29(2)7-8-31/h3-6,9-12,31H,7-8,13-15H2,1-2H3. The zero-order chi connectivity index (χ0) is 23.2. The van der Waals surface area contributed by atoms with Gasteiger partial charge in [0.15, 0.2) is 0 Å². The lowest BCUT2D eigenvalue weighted by atomic mass is 9.80. The first kappa shape index (κ1) is 21.5. The number of aryl methyl sites for hydroxylation is 1. The van der Waals surface area contributed by atoms with E-state index in [0.29, 0.717) is 42.4 Å². The second-order valence-electron chi connectivity index (χ2n) is 8.80. The van der Waals surface area contributed by atoms with Crippen LogP contribution in [-0.2, 0) is 10.2 Å². The molecule has 1 amide bonds. The van der Waals surface area contributed by atoms with Gasteiger partial charge in [-0.25, -0.2) is 14.4 Å². The molecule has 2 aromatic carbocycles. The molecule has 0 aliphatic carbocycles. The van der Waals surface area contributed by atoms with Crippen molar-refractivity contribution in [2.45, 2.75) is 12.3 Å². The number of hydrogen-bond donors (Lipinski definition) is 1. The minimum atomic E-state index is -0.316. The van der Waals surface area contributed by atoms with E-state index in [1.165, 1.54) is 11.0 Å². The Balaban J connectivity index is 1.50. The van der Waals surface area contributed by atoms with Crippen LogP contribution in [0.2, 0.25) is 0 Å². The lowest BCUT2D eigenvalue weighted by molar-refractivity contribution is -0.0507. The molecule has 0 bridgehead atoms. The number of likely N-dealkylation sites (N-methyl/N-ethyl adjacent to an activating group) is 1. The number of aliphatic hydroxyl groups is 1. The topological polar surface area (TPSA) is 78.8 Å². The molecule has 170 valence electrons. The summed E-state index contributed by atoms with van der Waals surface area (Å²) in [6, 6.07) is 10.6. The fraction of sp³-hybridized carbons (Fsp3) is 0.320. The van der Waals surface area contributed by atoms with Crippen LogP contribution in [-0.4, -0.2) is 65.8 Å². The molecular formula is C25H25FN4O3. The molecule has 8 heteroatoms. The highest BCUT2D eigenvalue weighted by molar-refractivity contribution is 5.96. The molecule has 7 nitrogen and oxygen atoms in total. The summed E-state index contributed by atoms with van der Waals surface area (Å²) in [6.45, 7) is 3.92. The largest absolute Gasteiger partial charge is 0.395 e. The first-order valence-corrected chi connectivity index (χ1v) is 10.9. The SMILES string of the molecule is Cc1ccc(F)c(-c2cnc(N3CC4(COC4)c4ccc(C(=O)N(C)CCO)cc43)nc2)c1. The summed E-state index contributed by atoms with van der Waals surface area (Å²) in [4.78, 5) is 25.4. The molecule has 2 aliphatic heterocycles. The molecule has 1 saturated heterocycles. The Hall–Kier alpha value is -3.36. The van der Waals surface area contributed by atoms with Crippen molar-refractivity contribution in [1.29, 1.82) is 0 Å². The molecule has 33 heavy (non-hydrogen) atoms. The van der Waals surface area contributed by atoms with Gasteiger partial charge in [0, 0.05) is 54.9 Å². The van der Waals surface area contributed by atoms with Gasteiger partial charge in [-0.15, -0.1) is 0 Å². The number of ether oxygens (including phenoxy) is 1. The Labute approximate surface area is 191 Å². The van der Waals surface area contributed by atoms with Crippen LogP contribution in [0.3, 0.4) is 0 Å². The maximum absolute atomic E-state index is 14.3. The highest BCUT2D eigenvalue weighted by Crippen LogP contribution is 2.47. The van der Waals surface area contributed by atoms with E-state index in [1.54, 1.807) is 31.6 Å². The molecule has 1 fully saturated rings. The van der Waals surface area contributed by atoms with E-state index in [0.717, 1.165) is 16.8 Å². The fourth-order valence-electron chi connectivity index (χ4n) is 4.52. The molecule has 3 heterocycles. The zero-order valence-electron chi connectivity index (χ0n) is 18.6. The van der Waals surface area contributed by atoms with Gasteiger partial charge in [0.2, 0.25) is 5.95 Å². The number of benzene rings is 2. The number of anilines is 2. The highest BCUT2D eigenvalue weighted by atomic mass is 19.1. The Morgan fingerprint density at radius 3 is 2.64 bits per heavy atom. The number of carbonyl (C=O) groups is 1. The third kappa shape index (κ3) is 3.65. The van der Waals surface area contributed by atoms with Crippen LogP contribution in [0.5, 0.6) is 0 Å². The van der Waals surface area contributed by atoms with Gasteiger partial charge in [-0.1, -0.05) is 17.7 Å². The van der Waals surface area contributed by atoms with Crippen LogP contribution in [0.4, 0.5) is 16.0 Å². The van der Waals surface area contributed by atoms with E-state index in [9.17, 15) is 9.18 Å². The summed E-state index contributed by atoms with van der Waals surface area (Å²) >= 11 is 0. The van der Waals surface area contributed by atoms with Crippen molar-refractivity contribution in [2.24, 2.45) is 0 Å². The first-order chi connectivity index (χ1) is 15.9. The Kier molecular flexibility index (Phi) is 5.34. The van der Waals surface area contributed by atoms with Crippen molar-refractivity contribution in [1.82, 2.24) is 14.9 Å². The third-order valence-electron chi connectivity index (χ3n) is 6.42. The summed E-state index contributed by atoms with van der Waals surface area (Å²) in [5, 5.41) is 9.17. The minimum Gasteiger partial charge on any atom is -0.395 e. The van der Waals surface area contributed by atoms with E-state index in [-0.39, 0.29) is 30.3 Å². The summed E-state index contributed by atoms with van der Waals surface area (Å²) in [7, 11) is 1.66. The highest BCUT2D eigenvalue weighted by Gasteiger charge is 2.49. The number of nitrogens with zero attached hydrogens (tertiary/aromatic N) is 4. The van der Waals surface area contributed by atoms with E-state index < -0.39 is 0 Å². The summed E-state index contributed by atoms with van der Waals surface area (Å²) in [6.07, 6.45) is 3.26. The van der Waals surface area contributed by atoms with Crippen LogP contribution in [0.25, 0.3) is 11.1 Å². The Morgan fingerprint density at radius 2 is 1.97 bits per heavy atom. The predicted octanol–water partition coefficient (Wildman–Crippen LogP) is 3.08. The number of hydrogen-bond acceptors (Lipinski definition) is 6. The van der Waals surface area contributed by atoms with Crippen molar-refractivity contribution in [3.63, 3.8) is 0 Å². The first-order valence-electron chi connectivity index (χ1n) is 10.9. The average Bonchev–Trinajstić information content (AvgIpc) is 3.16. The van der Waals surface area contributed by atoms with Crippen molar-refractivity contribution >= 4 is 17.5 Å². The van der Waals surface area contributed by atoms with Crippen LogP contribution in [0.1, 0.15) is 21.5 Å². The molecule has 1 aromatic heterocycles. The molecule has 2 aliphatic rings. The minimum absolute atomic E-state index is 0.0958. The van der Waals surface area contributed by atoms with Gasteiger partial charge in [0.05, 0.1) is 25.2 Å². The summed E-state index contributed by atoms with van der Waals surface area (Å²) in [5.41, 5.74) is 4.38. The number of aliphatic hydroxyl groups excluding tert-OH is 1. The molecule has 0 saturated carbocycles. The van der Waals surface area contributed by atoms with E-state index >= 15 is 0 Å².